The zero-order valence-electron chi connectivity index (χ0n) is 16.0. The summed E-state index contributed by atoms with van der Waals surface area (Å²) in [5.41, 5.74) is 1.98. The van der Waals surface area contributed by atoms with Crippen molar-refractivity contribution in [3.63, 3.8) is 0 Å². The average molecular weight is 341 g/mol. The standard InChI is InChI=1S/C22H32N2O/c1-4-5-6-7-14-24(3)15-8-13-23-22(25)21-12-11-19-16-18(2)9-10-20(19)17-21/h9-12,16-17H,4-8,13-15H2,1-3H3,(H,23,25). The minimum absolute atomic E-state index is 0.0214. The highest BCUT2D eigenvalue weighted by Gasteiger charge is 2.06. The second-order valence-corrected chi connectivity index (χ2v) is 7.04. The number of amides is 1. The van der Waals surface area contributed by atoms with Gasteiger partial charge in [0.2, 0.25) is 0 Å². The van der Waals surface area contributed by atoms with E-state index in [1.807, 2.05) is 18.2 Å². The van der Waals surface area contributed by atoms with Crippen LogP contribution in [0.5, 0.6) is 0 Å². The van der Waals surface area contributed by atoms with Crippen LogP contribution in [0.3, 0.4) is 0 Å². The predicted octanol–water partition coefficient (Wildman–Crippen LogP) is 4.78. The Balaban J connectivity index is 1.72. The summed E-state index contributed by atoms with van der Waals surface area (Å²) in [4.78, 5) is 14.7. The van der Waals surface area contributed by atoms with Gasteiger partial charge < -0.3 is 10.2 Å². The Hall–Kier alpha value is -1.87. The van der Waals surface area contributed by atoms with Crippen LogP contribution >= 0.6 is 0 Å². The van der Waals surface area contributed by atoms with Gasteiger partial charge in [-0.25, -0.2) is 0 Å². The largest absolute Gasteiger partial charge is 0.352 e. The summed E-state index contributed by atoms with van der Waals surface area (Å²) in [5.74, 6) is 0.0214. The lowest BCUT2D eigenvalue weighted by molar-refractivity contribution is 0.0952. The van der Waals surface area contributed by atoms with E-state index in [0.717, 1.165) is 37.0 Å². The van der Waals surface area contributed by atoms with Crippen LogP contribution in [0, 0.1) is 6.92 Å². The SMILES string of the molecule is CCCCCCN(C)CCCNC(=O)c1ccc2cc(C)ccc2c1. The number of aryl methyl sites for hydroxylation is 1. The van der Waals surface area contributed by atoms with Crippen LogP contribution in [-0.4, -0.2) is 37.5 Å². The minimum atomic E-state index is 0.0214. The molecule has 0 radical (unpaired) electrons. The van der Waals surface area contributed by atoms with Crippen LogP contribution < -0.4 is 5.32 Å². The van der Waals surface area contributed by atoms with Gasteiger partial charge in [-0.2, -0.15) is 0 Å². The number of unbranched alkanes of at least 4 members (excludes halogenated alkanes) is 3. The average Bonchev–Trinajstić information content (AvgIpc) is 2.61. The maximum Gasteiger partial charge on any atom is 0.251 e. The summed E-state index contributed by atoms with van der Waals surface area (Å²) in [6.07, 6.45) is 6.19. The lowest BCUT2D eigenvalue weighted by Gasteiger charge is -2.16. The number of carbonyl (C=O) groups is 1. The van der Waals surface area contributed by atoms with E-state index in [1.165, 1.54) is 36.6 Å². The van der Waals surface area contributed by atoms with Gasteiger partial charge in [0.05, 0.1) is 0 Å². The molecule has 1 amide bonds. The van der Waals surface area contributed by atoms with E-state index in [0.29, 0.717) is 0 Å². The molecule has 0 bridgehead atoms. The molecule has 0 saturated heterocycles. The Kier molecular flexibility index (Phi) is 7.93. The molecular formula is C22H32N2O. The third kappa shape index (κ3) is 6.50. The lowest BCUT2D eigenvalue weighted by Crippen LogP contribution is -2.28. The van der Waals surface area contributed by atoms with Crippen molar-refractivity contribution in [3.05, 3.63) is 47.5 Å². The van der Waals surface area contributed by atoms with Crippen molar-refractivity contribution in [2.75, 3.05) is 26.7 Å². The van der Waals surface area contributed by atoms with Gasteiger partial charge in [-0.05, 0) is 62.8 Å². The van der Waals surface area contributed by atoms with Crippen molar-refractivity contribution in [2.45, 2.75) is 46.0 Å². The van der Waals surface area contributed by atoms with E-state index >= 15 is 0 Å². The van der Waals surface area contributed by atoms with Crippen molar-refractivity contribution in [1.82, 2.24) is 10.2 Å². The molecule has 0 saturated carbocycles. The summed E-state index contributed by atoms with van der Waals surface area (Å²) in [6.45, 7) is 7.23. The zero-order chi connectivity index (χ0) is 18.1. The maximum atomic E-state index is 12.3. The van der Waals surface area contributed by atoms with E-state index in [4.69, 9.17) is 0 Å². The fourth-order valence-electron chi connectivity index (χ4n) is 3.08. The van der Waals surface area contributed by atoms with Crippen LogP contribution in [0.4, 0.5) is 0 Å². The number of benzene rings is 2. The molecule has 0 heterocycles. The molecule has 0 unspecified atom stereocenters. The Labute approximate surface area is 152 Å². The molecule has 0 aliphatic carbocycles. The number of hydrogen-bond donors (Lipinski definition) is 1. The van der Waals surface area contributed by atoms with Crippen molar-refractivity contribution < 1.29 is 4.79 Å². The summed E-state index contributed by atoms with van der Waals surface area (Å²) >= 11 is 0. The van der Waals surface area contributed by atoms with Gasteiger partial charge in [0.15, 0.2) is 0 Å². The van der Waals surface area contributed by atoms with Crippen molar-refractivity contribution >= 4 is 16.7 Å². The first-order valence-electron chi connectivity index (χ1n) is 9.57. The van der Waals surface area contributed by atoms with E-state index in [1.54, 1.807) is 0 Å². The monoisotopic (exact) mass is 340 g/mol. The molecule has 1 N–H and O–H groups in total. The van der Waals surface area contributed by atoms with Gasteiger partial charge in [-0.15, -0.1) is 0 Å². The Morgan fingerprint density at radius 3 is 2.48 bits per heavy atom. The van der Waals surface area contributed by atoms with Crippen LogP contribution in [0.25, 0.3) is 10.8 Å². The smallest absolute Gasteiger partial charge is 0.251 e. The van der Waals surface area contributed by atoms with Crippen molar-refractivity contribution in [3.8, 4) is 0 Å². The molecule has 2 rings (SSSR count). The molecule has 0 aliphatic rings. The normalized spacial score (nSPS) is 11.2. The molecule has 3 nitrogen and oxygen atoms in total. The van der Waals surface area contributed by atoms with Crippen molar-refractivity contribution in [1.29, 1.82) is 0 Å². The first kappa shape index (κ1) is 19.5. The minimum Gasteiger partial charge on any atom is -0.352 e. The maximum absolute atomic E-state index is 12.3. The molecule has 0 aliphatic heterocycles. The van der Waals surface area contributed by atoms with Gasteiger partial charge >= 0.3 is 0 Å². The highest BCUT2D eigenvalue weighted by Crippen LogP contribution is 2.17. The van der Waals surface area contributed by atoms with Gasteiger partial charge in [0.25, 0.3) is 5.91 Å². The van der Waals surface area contributed by atoms with E-state index in [-0.39, 0.29) is 5.91 Å². The van der Waals surface area contributed by atoms with E-state index < -0.39 is 0 Å². The van der Waals surface area contributed by atoms with Crippen LogP contribution in [0.15, 0.2) is 36.4 Å². The van der Waals surface area contributed by atoms with Crippen LogP contribution in [-0.2, 0) is 0 Å². The topological polar surface area (TPSA) is 32.3 Å². The van der Waals surface area contributed by atoms with Crippen LogP contribution in [0.1, 0.15) is 54.9 Å². The highest BCUT2D eigenvalue weighted by atomic mass is 16.1. The second-order valence-electron chi connectivity index (χ2n) is 7.04. The summed E-state index contributed by atoms with van der Waals surface area (Å²) in [6, 6.07) is 12.2. The number of carbonyl (C=O) groups excluding carboxylic acids is 1. The first-order valence-corrected chi connectivity index (χ1v) is 9.57. The Morgan fingerprint density at radius 1 is 0.960 bits per heavy atom. The molecule has 0 aromatic heterocycles. The fourth-order valence-corrected chi connectivity index (χ4v) is 3.08. The van der Waals surface area contributed by atoms with Crippen molar-refractivity contribution in [2.24, 2.45) is 0 Å². The highest BCUT2D eigenvalue weighted by molar-refractivity contribution is 5.98. The van der Waals surface area contributed by atoms with Gasteiger partial charge in [-0.3, -0.25) is 4.79 Å². The molecule has 0 atom stereocenters. The molecule has 2 aromatic rings. The van der Waals surface area contributed by atoms with Gasteiger partial charge in [0.1, 0.15) is 0 Å². The van der Waals surface area contributed by atoms with Crippen LogP contribution in [0.2, 0.25) is 0 Å². The molecule has 3 heteroatoms. The molecule has 136 valence electrons. The summed E-state index contributed by atoms with van der Waals surface area (Å²) in [7, 11) is 2.17. The molecule has 0 fully saturated rings. The number of hydrogen-bond acceptors (Lipinski definition) is 2. The Bertz CT molecular complexity index is 681. The molecule has 2 aromatic carbocycles. The third-order valence-electron chi connectivity index (χ3n) is 4.65. The third-order valence-corrected chi connectivity index (χ3v) is 4.65. The quantitative estimate of drug-likeness (QED) is 0.631. The molecular weight excluding hydrogens is 308 g/mol. The predicted molar refractivity (Wildman–Crippen MR) is 107 cm³/mol. The zero-order valence-corrected chi connectivity index (χ0v) is 16.0. The number of fused-ring (bicyclic) bond motifs is 1. The van der Waals surface area contributed by atoms with E-state index in [9.17, 15) is 4.79 Å². The number of nitrogens with zero attached hydrogens (tertiary/aromatic N) is 1. The second kappa shape index (κ2) is 10.2. The van der Waals surface area contributed by atoms with Gasteiger partial charge in [-0.1, -0.05) is 56.0 Å². The summed E-state index contributed by atoms with van der Waals surface area (Å²) in [5, 5.41) is 5.34. The number of nitrogens with one attached hydrogen (secondary N) is 1. The molecule has 0 spiro atoms. The molecule has 25 heavy (non-hydrogen) atoms. The first-order chi connectivity index (χ1) is 12.1. The summed E-state index contributed by atoms with van der Waals surface area (Å²) < 4.78 is 0. The Morgan fingerprint density at radius 2 is 1.68 bits per heavy atom. The lowest BCUT2D eigenvalue weighted by atomic mass is 10.0. The van der Waals surface area contributed by atoms with Gasteiger partial charge in [0, 0.05) is 12.1 Å². The van der Waals surface area contributed by atoms with E-state index in [2.05, 4.69) is 49.3 Å². The number of rotatable bonds is 10. The fraction of sp³-hybridized carbons (Fsp3) is 0.500.